The standard InChI is InChI=1S/C16H15F3Si/c1-13(16(17,18)19)20(2,14-9-5-3-6-10-14)15-11-7-4-8-12-15/h3-12H,1H2,2H3. The van der Waals surface area contributed by atoms with Gasteiger partial charge in [-0.1, -0.05) is 73.8 Å². The first kappa shape index (κ1) is 14.6. The predicted molar refractivity (Wildman–Crippen MR) is 79.0 cm³/mol. The summed E-state index contributed by atoms with van der Waals surface area (Å²) in [5.41, 5.74) is 0. The van der Waals surface area contributed by atoms with E-state index in [2.05, 4.69) is 6.58 Å². The van der Waals surface area contributed by atoms with E-state index in [0.29, 0.717) is 10.4 Å². The number of rotatable bonds is 3. The third kappa shape index (κ3) is 2.56. The van der Waals surface area contributed by atoms with E-state index in [1.807, 2.05) is 0 Å². The summed E-state index contributed by atoms with van der Waals surface area (Å²) in [5, 5.41) is 0.810. The molecule has 0 aliphatic heterocycles. The van der Waals surface area contributed by atoms with Crippen LogP contribution < -0.4 is 10.4 Å². The second kappa shape index (κ2) is 5.29. The molecule has 0 saturated carbocycles. The summed E-state index contributed by atoms with van der Waals surface area (Å²) in [7, 11) is -3.06. The third-order valence-electron chi connectivity index (χ3n) is 3.65. The first-order valence-corrected chi connectivity index (χ1v) is 8.74. The quantitative estimate of drug-likeness (QED) is 0.759. The van der Waals surface area contributed by atoms with Crippen LogP contribution in [0.4, 0.5) is 13.2 Å². The molecule has 0 unspecified atom stereocenters. The maximum atomic E-state index is 13.3. The Morgan fingerprint density at radius 1 is 0.850 bits per heavy atom. The van der Waals surface area contributed by atoms with Crippen molar-refractivity contribution in [2.45, 2.75) is 12.7 Å². The van der Waals surface area contributed by atoms with Gasteiger partial charge >= 0.3 is 6.18 Å². The molecular weight excluding hydrogens is 277 g/mol. The molecule has 104 valence electrons. The summed E-state index contributed by atoms with van der Waals surface area (Å²) in [6.07, 6.45) is -4.38. The van der Waals surface area contributed by atoms with Gasteiger partial charge in [0.05, 0.1) is 0 Å². The first-order valence-electron chi connectivity index (χ1n) is 6.24. The van der Waals surface area contributed by atoms with Gasteiger partial charge in [0.15, 0.2) is 8.07 Å². The number of benzene rings is 2. The van der Waals surface area contributed by atoms with Crippen molar-refractivity contribution < 1.29 is 13.2 Å². The molecule has 0 aliphatic carbocycles. The number of halogens is 3. The van der Waals surface area contributed by atoms with Crippen LogP contribution in [0.25, 0.3) is 0 Å². The SMILES string of the molecule is C=C(C(F)(F)F)[Si](C)(c1ccccc1)c1ccccc1. The van der Waals surface area contributed by atoms with Crippen LogP contribution in [0.5, 0.6) is 0 Å². The first-order chi connectivity index (χ1) is 9.37. The Kier molecular flexibility index (Phi) is 3.86. The van der Waals surface area contributed by atoms with Crippen molar-refractivity contribution in [1.29, 1.82) is 0 Å². The van der Waals surface area contributed by atoms with E-state index < -0.39 is 19.4 Å². The minimum Gasteiger partial charge on any atom is -0.167 e. The van der Waals surface area contributed by atoms with Gasteiger partial charge in [0.25, 0.3) is 0 Å². The topological polar surface area (TPSA) is 0 Å². The second-order valence-corrected chi connectivity index (χ2v) is 8.84. The van der Waals surface area contributed by atoms with Gasteiger partial charge < -0.3 is 0 Å². The van der Waals surface area contributed by atoms with Crippen LogP contribution in [0.1, 0.15) is 0 Å². The van der Waals surface area contributed by atoms with E-state index >= 15 is 0 Å². The average Bonchev–Trinajstić information content (AvgIpc) is 2.46. The lowest BCUT2D eigenvalue weighted by molar-refractivity contribution is -0.0851. The van der Waals surface area contributed by atoms with Crippen LogP contribution in [-0.2, 0) is 0 Å². The van der Waals surface area contributed by atoms with Gasteiger partial charge in [-0.05, 0) is 10.4 Å². The lowest BCUT2D eigenvalue weighted by atomic mass is 10.4. The van der Waals surface area contributed by atoms with Gasteiger partial charge in [-0.15, -0.1) is 0 Å². The fourth-order valence-electron chi connectivity index (χ4n) is 2.34. The molecular formula is C16H15F3Si. The van der Waals surface area contributed by atoms with Crippen LogP contribution in [0.3, 0.4) is 0 Å². The number of hydrogen-bond donors (Lipinski definition) is 0. The number of hydrogen-bond acceptors (Lipinski definition) is 0. The van der Waals surface area contributed by atoms with E-state index in [1.54, 1.807) is 67.2 Å². The van der Waals surface area contributed by atoms with Gasteiger partial charge in [0, 0.05) is 5.20 Å². The van der Waals surface area contributed by atoms with Crippen LogP contribution in [0.2, 0.25) is 6.55 Å². The molecule has 0 aromatic heterocycles. The van der Waals surface area contributed by atoms with Crippen LogP contribution in [-0.4, -0.2) is 14.3 Å². The smallest absolute Gasteiger partial charge is 0.167 e. The Hall–Kier alpha value is -1.81. The lowest BCUT2D eigenvalue weighted by Gasteiger charge is -2.32. The molecule has 0 atom stereocenters. The summed E-state index contributed by atoms with van der Waals surface area (Å²) in [6.45, 7) is 5.09. The molecule has 0 fully saturated rings. The largest absolute Gasteiger partial charge is 0.409 e. The zero-order valence-corrected chi connectivity index (χ0v) is 12.1. The lowest BCUT2D eigenvalue weighted by Crippen LogP contribution is -2.60. The fourth-order valence-corrected chi connectivity index (χ4v) is 5.66. The van der Waals surface area contributed by atoms with Gasteiger partial charge in [0.2, 0.25) is 0 Å². The van der Waals surface area contributed by atoms with E-state index in [1.165, 1.54) is 0 Å². The molecule has 2 aromatic carbocycles. The minimum absolute atomic E-state index is 0.623. The molecule has 0 nitrogen and oxygen atoms in total. The summed E-state index contributed by atoms with van der Waals surface area (Å²) >= 11 is 0. The zero-order chi connectivity index (χ0) is 14.8. The molecule has 0 amide bonds. The molecule has 0 heterocycles. The van der Waals surface area contributed by atoms with Crippen molar-refractivity contribution in [3.05, 3.63) is 72.4 Å². The maximum Gasteiger partial charge on any atom is 0.409 e. The van der Waals surface area contributed by atoms with Crippen LogP contribution in [0.15, 0.2) is 72.4 Å². The molecule has 0 N–H and O–H groups in total. The van der Waals surface area contributed by atoms with Gasteiger partial charge in [0.1, 0.15) is 0 Å². The summed E-state index contributed by atoms with van der Waals surface area (Å²) in [5.74, 6) is 0. The molecule has 4 heteroatoms. The van der Waals surface area contributed by atoms with Crippen molar-refractivity contribution in [2.75, 3.05) is 0 Å². The highest BCUT2D eigenvalue weighted by Gasteiger charge is 2.47. The van der Waals surface area contributed by atoms with Gasteiger partial charge in [-0.25, -0.2) is 0 Å². The van der Waals surface area contributed by atoms with E-state index in [4.69, 9.17) is 0 Å². The summed E-state index contributed by atoms with van der Waals surface area (Å²) < 4.78 is 39.8. The van der Waals surface area contributed by atoms with Crippen molar-refractivity contribution in [1.82, 2.24) is 0 Å². The summed E-state index contributed by atoms with van der Waals surface area (Å²) in [4.78, 5) is 0. The van der Waals surface area contributed by atoms with E-state index in [-0.39, 0.29) is 0 Å². The molecule has 20 heavy (non-hydrogen) atoms. The normalized spacial score (nSPS) is 12.2. The van der Waals surface area contributed by atoms with Crippen molar-refractivity contribution in [2.24, 2.45) is 0 Å². The molecule has 0 aliphatic rings. The molecule has 0 spiro atoms. The number of alkyl halides is 3. The van der Waals surface area contributed by atoms with E-state index in [0.717, 1.165) is 0 Å². The monoisotopic (exact) mass is 292 g/mol. The average molecular weight is 292 g/mol. The second-order valence-electron chi connectivity index (χ2n) is 4.83. The minimum atomic E-state index is -4.38. The van der Waals surface area contributed by atoms with Gasteiger partial charge in [-0.2, -0.15) is 13.2 Å². The Morgan fingerprint density at radius 3 is 1.50 bits per heavy atom. The fraction of sp³-hybridized carbons (Fsp3) is 0.125. The Labute approximate surface area is 117 Å². The molecule has 0 bridgehead atoms. The maximum absolute atomic E-state index is 13.3. The molecule has 0 saturated heterocycles. The third-order valence-corrected chi connectivity index (χ3v) is 8.11. The Bertz CT molecular complexity index is 549. The number of allylic oxidation sites excluding steroid dienone is 1. The highest BCUT2D eigenvalue weighted by molar-refractivity contribution is 7.06. The molecule has 2 aromatic rings. The van der Waals surface area contributed by atoms with Gasteiger partial charge in [-0.3, -0.25) is 0 Å². The highest BCUT2D eigenvalue weighted by atomic mass is 28.3. The Balaban J connectivity index is 2.65. The van der Waals surface area contributed by atoms with E-state index in [9.17, 15) is 13.2 Å². The predicted octanol–water partition coefficient (Wildman–Crippen LogP) is 3.54. The van der Waals surface area contributed by atoms with Crippen molar-refractivity contribution in [3.8, 4) is 0 Å². The molecule has 0 radical (unpaired) electrons. The van der Waals surface area contributed by atoms with Crippen molar-refractivity contribution >= 4 is 18.4 Å². The van der Waals surface area contributed by atoms with Crippen LogP contribution >= 0.6 is 0 Å². The molecule has 2 rings (SSSR count). The zero-order valence-electron chi connectivity index (χ0n) is 11.1. The summed E-state index contributed by atoms with van der Waals surface area (Å²) in [6, 6.07) is 17.7. The van der Waals surface area contributed by atoms with Crippen LogP contribution in [0, 0.1) is 0 Å². The Morgan fingerprint density at radius 2 is 1.20 bits per heavy atom. The highest BCUT2D eigenvalue weighted by Crippen LogP contribution is 2.31. The van der Waals surface area contributed by atoms with Crippen molar-refractivity contribution in [3.63, 3.8) is 0 Å².